The van der Waals surface area contributed by atoms with Crippen LogP contribution in [-0.4, -0.2) is 23.0 Å². The Morgan fingerprint density at radius 2 is 1.47 bits per heavy atom. The molecule has 4 rings (SSSR count). The van der Waals surface area contributed by atoms with Crippen molar-refractivity contribution in [2.24, 2.45) is 0 Å². The van der Waals surface area contributed by atoms with Gasteiger partial charge in [0, 0.05) is 35.4 Å². The predicted molar refractivity (Wildman–Crippen MR) is 134 cm³/mol. The molecule has 172 valence electrons. The molecule has 0 aliphatic heterocycles. The van der Waals surface area contributed by atoms with Crippen molar-refractivity contribution in [1.29, 1.82) is 0 Å². The Kier molecular flexibility index (Phi) is 7.08. The van der Waals surface area contributed by atoms with Crippen molar-refractivity contribution in [2.75, 3.05) is 17.2 Å². The normalized spacial score (nSPS) is 10.5. The third-order valence-corrected chi connectivity index (χ3v) is 5.52. The molecule has 4 aromatic rings. The SMILES string of the molecule is Cc1cc(C(=O)Nc2cccc(OCC(=O)Nc3ccccc3)c2)c(C)n1Cc1ccccc1. The molecule has 0 aliphatic rings. The van der Waals surface area contributed by atoms with E-state index in [0.29, 0.717) is 29.2 Å². The average molecular weight is 454 g/mol. The maximum atomic E-state index is 13.0. The van der Waals surface area contributed by atoms with Crippen LogP contribution in [0.5, 0.6) is 5.75 Å². The number of hydrogen-bond acceptors (Lipinski definition) is 3. The quantitative estimate of drug-likeness (QED) is 0.374. The smallest absolute Gasteiger partial charge is 0.262 e. The predicted octanol–water partition coefficient (Wildman–Crippen LogP) is 5.42. The van der Waals surface area contributed by atoms with Crippen molar-refractivity contribution < 1.29 is 14.3 Å². The van der Waals surface area contributed by atoms with Crippen molar-refractivity contribution in [3.8, 4) is 5.75 Å². The molecule has 0 saturated carbocycles. The summed E-state index contributed by atoms with van der Waals surface area (Å²) in [5.41, 5.74) is 5.04. The van der Waals surface area contributed by atoms with Crippen molar-refractivity contribution >= 4 is 23.2 Å². The number of benzene rings is 3. The molecule has 2 N–H and O–H groups in total. The molecule has 0 bridgehead atoms. The molecule has 6 nitrogen and oxygen atoms in total. The van der Waals surface area contributed by atoms with E-state index in [1.807, 2.05) is 68.4 Å². The number of hydrogen-bond donors (Lipinski definition) is 2. The first-order valence-corrected chi connectivity index (χ1v) is 11.1. The van der Waals surface area contributed by atoms with Crippen LogP contribution in [0.1, 0.15) is 27.3 Å². The van der Waals surface area contributed by atoms with Crippen molar-refractivity contribution in [3.63, 3.8) is 0 Å². The summed E-state index contributed by atoms with van der Waals surface area (Å²) in [5, 5.41) is 5.71. The zero-order valence-corrected chi connectivity index (χ0v) is 19.2. The Balaban J connectivity index is 1.38. The number of carbonyl (C=O) groups excluding carboxylic acids is 2. The summed E-state index contributed by atoms with van der Waals surface area (Å²) in [6, 6.07) is 28.3. The van der Waals surface area contributed by atoms with E-state index in [1.54, 1.807) is 24.3 Å². The Hall–Kier alpha value is -4.32. The molecule has 1 heterocycles. The Morgan fingerprint density at radius 3 is 2.21 bits per heavy atom. The maximum Gasteiger partial charge on any atom is 0.262 e. The first-order valence-electron chi connectivity index (χ1n) is 11.1. The topological polar surface area (TPSA) is 72.4 Å². The summed E-state index contributed by atoms with van der Waals surface area (Å²) in [6.45, 7) is 4.53. The van der Waals surface area contributed by atoms with Gasteiger partial charge in [-0.3, -0.25) is 9.59 Å². The monoisotopic (exact) mass is 453 g/mol. The van der Waals surface area contributed by atoms with Gasteiger partial charge in [-0.1, -0.05) is 54.6 Å². The molecular weight excluding hydrogens is 426 g/mol. The molecule has 0 radical (unpaired) electrons. The van der Waals surface area contributed by atoms with E-state index >= 15 is 0 Å². The second kappa shape index (κ2) is 10.5. The third kappa shape index (κ3) is 5.72. The Bertz CT molecular complexity index is 1280. The van der Waals surface area contributed by atoms with Crippen LogP contribution < -0.4 is 15.4 Å². The van der Waals surface area contributed by atoms with Crippen LogP contribution in [0.25, 0.3) is 0 Å². The van der Waals surface area contributed by atoms with E-state index in [9.17, 15) is 9.59 Å². The summed E-state index contributed by atoms with van der Waals surface area (Å²) in [6.07, 6.45) is 0. The number of para-hydroxylation sites is 1. The van der Waals surface area contributed by atoms with Gasteiger partial charge in [0.2, 0.25) is 0 Å². The number of rotatable bonds is 8. The molecule has 0 atom stereocenters. The van der Waals surface area contributed by atoms with Crippen LogP contribution in [0.3, 0.4) is 0 Å². The highest BCUT2D eigenvalue weighted by Crippen LogP contribution is 2.21. The van der Waals surface area contributed by atoms with E-state index in [0.717, 1.165) is 11.4 Å². The summed E-state index contributed by atoms with van der Waals surface area (Å²) in [5.74, 6) is 0.0495. The van der Waals surface area contributed by atoms with Gasteiger partial charge in [0.25, 0.3) is 11.8 Å². The lowest BCUT2D eigenvalue weighted by atomic mass is 10.2. The lowest BCUT2D eigenvalue weighted by Gasteiger charge is -2.11. The van der Waals surface area contributed by atoms with Crippen LogP contribution in [0, 0.1) is 13.8 Å². The van der Waals surface area contributed by atoms with E-state index in [-0.39, 0.29) is 18.4 Å². The Labute approximate surface area is 199 Å². The Morgan fingerprint density at radius 1 is 0.794 bits per heavy atom. The highest BCUT2D eigenvalue weighted by atomic mass is 16.5. The van der Waals surface area contributed by atoms with Gasteiger partial charge in [0.1, 0.15) is 5.75 Å². The number of anilines is 2. The maximum absolute atomic E-state index is 13.0. The lowest BCUT2D eigenvalue weighted by molar-refractivity contribution is -0.118. The molecule has 0 unspecified atom stereocenters. The number of aryl methyl sites for hydroxylation is 1. The standard InChI is InChI=1S/C28H27N3O3/c1-20-16-26(21(2)31(20)18-22-10-5-3-6-11-22)28(33)30-24-14-9-15-25(17-24)34-19-27(32)29-23-12-7-4-8-13-23/h3-17H,18-19H2,1-2H3,(H,29,32)(H,30,33). The largest absolute Gasteiger partial charge is 0.484 e. The molecule has 0 fully saturated rings. The van der Waals surface area contributed by atoms with Gasteiger partial charge in [-0.15, -0.1) is 0 Å². The number of aromatic nitrogens is 1. The fourth-order valence-corrected chi connectivity index (χ4v) is 3.77. The van der Waals surface area contributed by atoms with Gasteiger partial charge in [-0.25, -0.2) is 0 Å². The molecule has 1 aromatic heterocycles. The highest BCUT2D eigenvalue weighted by molar-refractivity contribution is 6.05. The van der Waals surface area contributed by atoms with E-state index in [2.05, 4.69) is 27.3 Å². The number of carbonyl (C=O) groups is 2. The molecule has 0 saturated heterocycles. The van der Waals surface area contributed by atoms with Crippen molar-refractivity contribution in [2.45, 2.75) is 20.4 Å². The summed E-state index contributed by atoms with van der Waals surface area (Å²) in [4.78, 5) is 25.1. The highest BCUT2D eigenvalue weighted by Gasteiger charge is 2.16. The molecule has 34 heavy (non-hydrogen) atoms. The number of nitrogens with zero attached hydrogens (tertiary/aromatic N) is 1. The van der Waals surface area contributed by atoms with Gasteiger partial charge in [0.15, 0.2) is 6.61 Å². The first-order chi connectivity index (χ1) is 16.5. The molecule has 3 aromatic carbocycles. The second-order valence-electron chi connectivity index (χ2n) is 8.04. The average Bonchev–Trinajstić information content (AvgIpc) is 3.13. The molecule has 2 amide bonds. The summed E-state index contributed by atoms with van der Waals surface area (Å²) in [7, 11) is 0. The first kappa shape index (κ1) is 22.9. The second-order valence-corrected chi connectivity index (χ2v) is 8.04. The molecule has 0 aliphatic carbocycles. The van der Waals surface area contributed by atoms with Crippen LogP contribution in [0.4, 0.5) is 11.4 Å². The third-order valence-electron chi connectivity index (χ3n) is 5.52. The fraction of sp³-hybridized carbons (Fsp3) is 0.143. The van der Waals surface area contributed by atoms with Gasteiger partial charge >= 0.3 is 0 Å². The molecular formula is C28H27N3O3. The van der Waals surface area contributed by atoms with Gasteiger partial charge in [-0.2, -0.15) is 0 Å². The van der Waals surface area contributed by atoms with E-state index in [1.165, 1.54) is 5.56 Å². The van der Waals surface area contributed by atoms with Crippen LogP contribution in [0.2, 0.25) is 0 Å². The molecule has 6 heteroatoms. The van der Waals surface area contributed by atoms with Crippen LogP contribution in [-0.2, 0) is 11.3 Å². The summed E-state index contributed by atoms with van der Waals surface area (Å²) < 4.78 is 7.75. The number of amides is 2. The van der Waals surface area contributed by atoms with Gasteiger partial charge in [-0.05, 0) is 49.7 Å². The van der Waals surface area contributed by atoms with Crippen LogP contribution >= 0.6 is 0 Å². The number of nitrogens with one attached hydrogen (secondary N) is 2. The van der Waals surface area contributed by atoms with E-state index < -0.39 is 0 Å². The fourth-order valence-electron chi connectivity index (χ4n) is 3.77. The minimum Gasteiger partial charge on any atom is -0.484 e. The minimum absolute atomic E-state index is 0.132. The minimum atomic E-state index is -0.258. The van der Waals surface area contributed by atoms with Gasteiger partial charge < -0.3 is 19.9 Å². The van der Waals surface area contributed by atoms with Gasteiger partial charge in [0.05, 0.1) is 5.56 Å². The van der Waals surface area contributed by atoms with Crippen molar-refractivity contribution in [3.05, 3.63) is 114 Å². The van der Waals surface area contributed by atoms with E-state index in [4.69, 9.17) is 4.74 Å². The zero-order valence-electron chi connectivity index (χ0n) is 19.2. The lowest BCUT2D eigenvalue weighted by Crippen LogP contribution is -2.20. The van der Waals surface area contributed by atoms with Crippen LogP contribution in [0.15, 0.2) is 91.0 Å². The van der Waals surface area contributed by atoms with Crippen molar-refractivity contribution in [1.82, 2.24) is 4.57 Å². The summed E-state index contributed by atoms with van der Waals surface area (Å²) >= 11 is 0. The molecule has 0 spiro atoms. The number of ether oxygens (including phenoxy) is 1. The zero-order chi connectivity index (χ0) is 23.9.